The zero-order valence-corrected chi connectivity index (χ0v) is 9.61. The molecule has 16 heavy (non-hydrogen) atoms. The van der Waals surface area contributed by atoms with Gasteiger partial charge in [-0.2, -0.15) is 5.26 Å². The molecule has 0 fully saturated rings. The Balaban J connectivity index is 2.24. The smallest absolute Gasteiger partial charge is 0.127 e. The fraction of sp³-hybridized carbons (Fsp3) is 0.462. The van der Waals surface area contributed by atoms with Crippen LogP contribution in [-0.2, 0) is 11.2 Å². The summed E-state index contributed by atoms with van der Waals surface area (Å²) in [5.41, 5.74) is 0. The van der Waals surface area contributed by atoms with E-state index >= 15 is 0 Å². The Bertz CT molecular complexity index is 360. The second kappa shape index (κ2) is 7.72. The lowest BCUT2D eigenvalue weighted by atomic mass is 10.3. The standard InChI is InChI=1S/C13H17NO2/c1-2-3-10-15-11-8-13-7-6-12(16-13)5-4-9-14/h4-7H,2-3,8,10-11H2,1H3/b5-4+. The predicted octanol–water partition coefficient (Wildman–Crippen LogP) is 3.18. The first-order chi connectivity index (χ1) is 7.86. The molecule has 0 aromatic carbocycles. The van der Waals surface area contributed by atoms with E-state index in [2.05, 4.69) is 6.92 Å². The number of unbranched alkanes of at least 4 members (excludes halogenated alkanes) is 1. The molecular formula is C13H17NO2. The van der Waals surface area contributed by atoms with Gasteiger partial charge in [0.25, 0.3) is 0 Å². The maximum atomic E-state index is 8.36. The van der Waals surface area contributed by atoms with Crippen LogP contribution in [0.3, 0.4) is 0 Å². The van der Waals surface area contributed by atoms with E-state index in [0.717, 1.165) is 31.6 Å². The van der Waals surface area contributed by atoms with Crippen LogP contribution in [-0.4, -0.2) is 13.2 Å². The summed E-state index contributed by atoms with van der Waals surface area (Å²) in [4.78, 5) is 0. The summed E-state index contributed by atoms with van der Waals surface area (Å²) in [5, 5.41) is 8.36. The lowest BCUT2D eigenvalue weighted by molar-refractivity contribution is 0.130. The quantitative estimate of drug-likeness (QED) is 0.522. The lowest BCUT2D eigenvalue weighted by Crippen LogP contribution is -1.99. The van der Waals surface area contributed by atoms with Crippen LogP contribution < -0.4 is 0 Å². The fourth-order valence-electron chi connectivity index (χ4n) is 1.26. The fourth-order valence-corrected chi connectivity index (χ4v) is 1.26. The molecule has 1 heterocycles. The van der Waals surface area contributed by atoms with Gasteiger partial charge in [0, 0.05) is 19.1 Å². The molecule has 0 atom stereocenters. The van der Waals surface area contributed by atoms with E-state index in [1.165, 1.54) is 6.08 Å². The molecule has 3 nitrogen and oxygen atoms in total. The van der Waals surface area contributed by atoms with Crippen LogP contribution in [0.15, 0.2) is 22.6 Å². The number of nitrogens with zero attached hydrogens (tertiary/aromatic N) is 1. The lowest BCUT2D eigenvalue weighted by Gasteiger charge is -2.00. The van der Waals surface area contributed by atoms with Gasteiger partial charge in [0.2, 0.25) is 0 Å². The molecule has 0 aliphatic heterocycles. The van der Waals surface area contributed by atoms with E-state index in [1.807, 2.05) is 18.2 Å². The van der Waals surface area contributed by atoms with Crippen molar-refractivity contribution in [3.63, 3.8) is 0 Å². The van der Waals surface area contributed by atoms with Gasteiger partial charge in [0.1, 0.15) is 11.5 Å². The molecule has 0 saturated heterocycles. The van der Waals surface area contributed by atoms with Crippen molar-refractivity contribution in [2.75, 3.05) is 13.2 Å². The molecule has 86 valence electrons. The third kappa shape index (κ3) is 4.81. The molecule has 3 heteroatoms. The topological polar surface area (TPSA) is 46.2 Å². The first-order valence-electron chi connectivity index (χ1n) is 5.59. The van der Waals surface area contributed by atoms with Crippen molar-refractivity contribution < 1.29 is 9.15 Å². The zero-order chi connectivity index (χ0) is 11.6. The van der Waals surface area contributed by atoms with E-state index < -0.39 is 0 Å². The van der Waals surface area contributed by atoms with Crippen LogP contribution in [0.1, 0.15) is 31.3 Å². The molecule has 0 amide bonds. The van der Waals surface area contributed by atoms with Gasteiger partial charge in [0.15, 0.2) is 0 Å². The highest BCUT2D eigenvalue weighted by Gasteiger charge is 1.99. The SMILES string of the molecule is CCCCOCCc1ccc(/C=C/C#N)o1. The third-order valence-corrected chi connectivity index (χ3v) is 2.14. The summed E-state index contributed by atoms with van der Waals surface area (Å²) in [5.74, 6) is 1.61. The van der Waals surface area contributed by atoms with E-state index in [9.17, 15) is 0 Å². The highest BCUT2D eigenvalue weighted by molar-refractivity contribution is 5.46. The third-order valence-electron chi connectivity index (χ3n) is 2.14. The normalized spacial score (nSPS) is 10.8. The molecule has 1 rings (SSSR count). The largest absolute Gasteiger partial charge is 0.462 e. The average Bonchev–Trinajstić information content (AvgIpc) is 2.74. The van der Waals surface area contributed by atoms with Crippen LogP contribution in [0.2, 0.25) is 0 Å². The molecule has 0 saturated carbocycles. The summed E-state index contributed by atoms with van der Waals surface area (Å²) in [6.07, 6.45) is 6.10. The highest BCUT2D eigenvalue weighted by atomic mass is 16.5. The molecule has 0 spiro atoms. The molecule has 1 aromatic rings. The minimum Gasteiger partial charge on any atom is -0.462 e. The summed E-state index contributed by atoms with van der Waals surface area (Å²) in [7, 11) is 0. The Morgan fingerprint density at radius 2 is 2.31 bits per heavy atom. The van der Waals surface area contributed by atoms with Gasteiger partial charge in [0.05, 0.1) is 12.7 Å². The van der Waals surface area contributed by atoms with Gasteiger partial charge in [-0.3, -0.25) is 0 Å². The summed E-state index contributed by atoms with van der Waals surface area (Å²) in [6, 6.07) is 5.70. The monoisotopic (exact) mass is 219 g/mol. The summed E-state index contributed by atoms with van der Waals surface area (Å²) < 4.78 is 10.9. The average molecular weight is 219 g/mol. The maximum Gasteiger partial charge on any atom is 0.127 e. The van der Waals surface area contributed by atoms with E-state index in [-0.39, 0.29) is 0 Å². The predicted molar refractivity (Wildman–Crippen MR) is 62.8 cm³/mol. The summed E-state index contributed by atoms with van der Waals surface area (Å²) in [6.45, 7) is 3.65. The Hall–Kier alpha value is -1.53. The van der Waals surface area contributed by atoms with Crippen molar-refractivity contribution in [1.82, 2.24) is 0 Å². The van der Waals surface area contributed by atoms with Gasteiger partial charge in [-0.25, -0.2) is 0 Å². The Kier molecular flexibility index (Phi) is 6.05. The Morgan fingerprint density at radius 1 is 1.44 bits per heavy atom. The molecule has 1 aromatic heterocycles. The number of allylic oxidation sites excluding steroid dienone is 1. The van der Waals surface area contributed by atoms with Gasteiger partial charge < -0.3 is 9.15 Å². The van der Waals surface area contributed by atoms with Crippen molar-refractivity contribution in [1.29, 1.82) is 5.26 Å². The molecular weight excluding hydrogens is 202 g/mol. The van der Waals surface area contributed by atoms with Crippen LogP contribution in [0, 0.1) is 11.3 Å². The van der Waals surface area contributed by atoms with Crippen molar-refractivity contribution in [2.45, 2.75) is 26.2 Å². The molecule has 0 unspecified atom stereocenters. The van der Waals surface area contributed by atoms with Crippen molar-refractivity contribution in [3.05, 3.63) is 29.7 Å². The molecule has 0 aliphatic rings. The van der Waals surface area contributed by atoms with E-state index in [4.69, 9.17) is 14.4 Å². The second-order valence-electron chi connectivity index (χ2n) is 3.48. The molecule has 0 radical (unpaired) electrons. The first-order valence-corrected chi connectivity index (χ1v) is 5.59. The minimum atomic E-state index is 0.689. The molecule has 0 aliphatic carbocycles. The minimum absolute atomic E-state index is 0.689. The van der Waals surface area contributed by atoms with Crippen LogP contribution in [0.25, 0.3) is 6.08 Å². The summed E-state index contributed by atoms with van der Waals surface area (Å²) >= 11 is 0. The van der Waals surface area contributed by atoms with Crippen molar-refractivity contribution in [2.24, 2.45) is 0 Å². The first kappa shape index (κ1) is 12.5. The van der Waals surface area contributed by atoms with Gasteiger partial charge in [-0.05, 0) is 24.6 Å². The Morgan fingerprint density at radius 3 is 3.06 bits per heavy atom. The van der Waals surface area contributed by atoms with Gasteiger partial charge in [-0.1, -0.05) is 13.3 Å². The molecule has 0 N–H and O–H groups in total. The van der Waals surface area contributed by atoms with E-state index in [1.54, 1.807) is 6.08 Å². The highest BCUT2D eigenvalue weighted by Crippen LogP contribution is 2.10. The van der Waals surface area contributed by atoms with Crippen molar-refractivity contribution >= 4 is 6.08 Å². The van der Waals surface area contributed by atoms with Gasteiger partial charge in [-0.15, -0.1) is 0 Å². The maximum absolute atomic E-state index is 8.36. The van der Waals surface area contributed by atoms with Crippen LogP contribution >= 0.6 is 0 Å². The zero-order valence-electron chi connectivity index (χ0n) is 9.61. The van der Waals surface area contributed by atoms with E-state index in [0.29, 0.717) is 12.4 Å². The van der Waals surface area contributed by atoms with Crippen LogP contribution in [0.5, 0.6) is 0 Å². The van der Waals surface area contributed by atoms with Crippen LogP contribution in [0.4, 0.5) is 0 Å². The number of rotatable bonds is 7. The van der Waals surface area contributed by atoms with Gasteiger partial charge >= 0.3 is 0 Å². The number of nitriles is 1. The number of hydrogen-bond donors (Lipinski definition) is 0. The Labute approximate surface area is 96.3 Å². The second-order valence-corrected chi connectivity index (χ2v) is 3.48. The number of furan rings is 1. The number of ether oxygens (including phenoxy) is 1. The molecule has 0 bridgehead atoms. The number of hydrogen-bond acceptors (Lipinski definition) is 3. The van der Waals surface area contributed by atoms with Crippen molar-refractivity contribution in [3.8, 4) is 6.07 Å².